The number of aryl methyl sites for hydroxylation is 2. The molecule has 1 fully saturated rings. The molecule has 0 radical (unpaired) electrons. The van der Waals surface area contributed by atoms with Gasteiger partial charge in [0, 0.05) is 26.2 Å². The highest BCUT2D eigenvalue weighted by atomic mass is 16.5. The first-order valence-electron chi connectivity index (χ1n) is 7.74. The van der Waals surface area contributed by atoms with E-state index in [4.69, 9.17) is 9.84 Å². The number of hydrogen-bond acceptors (Lipinski definition) is 4. The summed E-state index contributed by atoms with van der Waals surface area (Å²) in [6, 6.07) is 6.56. The maximum atomic E-state index is 10.7. The van der Waals surface area contributed by atoms with Crippen LogP contribution >= 0.6 is 0 Å². The van der Waals surface area contributed by atoms with Crippen LogP contribution in [0.15, 0.2) is 18.2 Å². The van der Waals surface area contributed by atoms with E-state index >= 15 is 0 Å². The molecule has 1 aliphatic heterocycles. The van der Waals surface area contributed by atoms with Crippen LogP contribution in [0.25, 0.3) is 0 Å². The van der Waals surface area contributed by atoms with Gasteiger partial charge in [-0.3, -0.25) is 14.6 Å². The van der Waals surface area contributed by atoms with Gasteiger partial charge in [0.25, 0.3) is 0 Å². The highest BCUT2D eigenvalue weighted by molar-refractivity contribution is 5.69. The summed E-state index contributed by atoms with van der Waals surface area (Å²) in [7, 11) is 1.82. The molecular weight excluding hydrogens is 280 g/mol. The lowest BCUT2D eigenvalue weighted by Gasteiger charge is -2.34. The average Bonchev–Trinajstić information content (AvgIpc) is 2.42. The predicted octanol–water partition coefficient (Wildman–Crippen LogP) is 1.52. The van der Waals surface area contributed by atoms with Crippen molar-refractivity contribution < 1.29 is 14.6 Å². The van der Waals surface area contributed by atoms with Crippen LogP contribution in [0.3, 0.4) is 0 Å². The SMILES string of the molecule is Cc1ccc(C)c(CN2CCOC(CN(C)CC(=O)O)C2)c1. The summed E-state index contributed by atoms with van der Waals surface area (Å²) in [4.78, 5) is 14.9. The zero-order chi connectivity index (χ0) is 16.1. The standard InChI is InChI=1S/C17H26N2O3/c1-13-4-5-14(2)15(8-13)9-19-6-7-22-16(11-19)10-18(3)12-17(20)21/h4-5,8,16H,6-7,9-12H2,1-3H3,(H,20,21). The maximum Gasteiger partial charge on any atom is 0.317 e. The molecule has 5 heteroatoms. The van der Waals surface area contributed by atoms with Gasteiger partial charge in [-0.25, -0.2) is 0 Å². The second-order valence-electron chi connectivity index (χ2n) is 6.25. The molecule has 22 heavy (non-hydrogen) atoms. The lowest BCUT2D eigenvalue weighted by molar-refractivity contribution is -0.138. The molecule has 2 rings (SSSR count). The van der Waals surface area contributed by atoms with Crippen molar-refractivity contribution in [1.82, 2.24) is 9.80 Å². The normalized spacial score (nSPS) is 19.5. The highest BCUT2D eigenvalue weighted by Gasteiger charge is 2.22. The minimum atomic E-state index is -0.800. The van der Waals surface area contributed by atoms with Crippen LogP contribution in [0.5, 0.6) is 0 Å². The van der Waals surface area contributed by atoms with E-state index in [0.717, 1.165) is 19.6 Å². The summed E-state index contributed by atoms with van der Waals surface area (Å²) in [5, 5.41) is 8.82. The Morgan fingerprint density at radius 3 is 2.95 bits per heavy atom. The molecule has 1 saturated heterocycles. The number of likely N-dealkylation sites (N-methyl/N-ethyl adjacent to an activating group) is 1. The van der Waals surface area contributed by atoms with Crippen molar-refractivity contribution in [2.75, 3.05) is 39.8 Å². The first-order valence-corrected chi connectivity index (χ1v) is 7.74. The molecule has 0 aromatic heterocycles. The van der Waals surface area contributed by atoms with Gasteiger partial charge in [0.15, 0.2) is 0 Å². The Balaban J connectivity index is 1.90. The molecule has 1 aliphatic rings. The summed E-state index contributed by atoms with van der Waals surface area (Å²) >= 11 is 0. The summed E-state index contributed by atoms with van der Waals surface area (Å²) in [6.07, 6.45) is 0.0724. The van der Waals surface area contributed by atoms with Gasteiger partial charge in [-0.1, -0.05) is 23.8 Å². The number of carbonyl (C=O) groups is 1. The Hall–Kier alpha value is -1.43. The van der Waals surface area contributed by atoms with Crippen LogP contribution < -0.4 is 0 Å². The van der Waals surface area contributed by atoms with Crippen molar-refractivity contribution in [3.05, 3.63) is 34.9 Å². The zero-order valence-electron chi connectivity index (χ0n) is 13.7. The van der Waals surface area contributed by atoms with E-state index in [-0.39, 0.29) is 12.6 Å². The van der Waals surface area contributed by atoms with Crippen LogP contribution in [0.1, 0.15) is 16.7 Å². The van der Waals surface area contributed by atoms with Gasteiger partial charge in [-0.05, 0) is 32.0 Å². The lowest BCUT2D eigenvalue weighted by Crippen LogP contribution is -2.47. The van der Waals surface area contributed by atoms with Gasteiger partial charge >= 0.3 is 5.97 Å². The number of morpholine rings is 1. The number of rotatable bonds is 6. The second kappa shape index (κ2) is 7.72. The summed E-state index contributed by atoms with van der Waals surface area (Å²) < 4.78 is 5.78. The van der Waals surface area contributed by atoms with E-state index in [9.17, 15) is 4.79 Å². The first-order chi connectivity index (χ1) is 10.4. The average molecular weight is 306 g/mol. The van der Waals surface area contributed by atoms with Crippen molar-refractivity contribution in [2.24, 2.45) is 0 Å². The molecule has 0 bridgehead atoms. The molecule has 1 unspecified atom stereocenters. The lowest BCUT2D eigenvalue weighted by atomic mass is 10.0. The molecular formula is C17H26N2O3. The van der Waals surface area contributed by atoms with E-state index in [1.807, 2.05) is 7.05 Å². The number of nitrogens with zero attached hydrogens (tertiary/aromatic N) is 2. The Labute approximate surface area is 132 Å². The third-order valence-corrected chi connectivity index (χ3v) is 4.04. The van der Waals surface area contributed by atoms with Crippen LogP contribution in [-0.2, 0) is 16.1 Å². The molecule has 0 aliphatic carbocycles. The minimum absolute atomic E-state index is 0.0524. The third kappa shape index (κ3) is 5.09. The van der Waals surface area contributed by atoms with E-state index in [2.05, 4.69) is 36.9 Å². The summed E-state index contributed by atoms with van der Waals surface area (Å²) in [5.74, 6) is -0.800. The van der Waals surface area contributed by atoms with Gasteiger partial charge < -0.3 is 9.84 Å². The fraction of sp³-hybridized carbons (Fsp3) is 0.588. The molecule has 0 spiro atoms. The molecule has 1 heterocycles. The first kappa shape index (κ1) is 16.9. The smallest absolute Gasteiger partial charge is 0.317 e. The quantitative estimate of drug-likeness (QED) is 0.863. The second-order valence-corrected chi connectivity index (χ2v) is 6.25. The van der Waals surface area contributed by atoms with Gasteiger partial charge in [0.1, 0.15) is 0 Å². The topological polar surface area (TPSA) is 53.0 Å². The number of hydrogen-bond donors (Lipinski definition) is 1. The number of benzene rings is 1. The van der Waals surface area contributed by atoms with E-state index in [1.165, 1.54) is 16.7 Å². The maximum absolute atomic E-state index is 10.7. The Morgan fingerprint density at radius 2 is 2.23 bits per heavy atom. The molecule has 1 aromatic rings. The van der Waals surface area contributed by atoms with E-state index in [1.54, 1.807) is 4.90 Å². The minimum Gasteiger partial charge on any atom is -0.480 e. The number of carboxylic acid groups (broad SMARTS) is 1. The van der Waals surface area contributed by atoms with Gasteiger partial charge in [-0.15, -0.1) is 0 Å². The molecule has 0 amide bonds. The molecule has 1 atom stereocenters. The molecule has 122 valence electrons. The number of aliphatic carboxylic acids is 1. The predicted molar refractivity (Wildman–Crippen MR) is 86.1 cm³/mol. The Morgan fingerprint density at radius 1 is 1.45 bits per heavy atom. The fourth-order valence-electron chi connectivity index (χ4n) is 2.89. The van der Waals surface area contributed by atoms with Gasteiger partial charge in [-0.2, -0.15) is 0 Å². The van der Waals surface area contributed by atoms with Crippen LogP contribution in [-0.4, -0.2) is 66.8 Å². The monoisotopic (exact) mass is 306 g/mol. The van der Waals surface area contributed by atoms with Gasteiger partial charge in [0.05, 0.1) is 19.3 Å². The van der Waals surface area contributed by atoms with Crippen molar-refractivity contribution in [2.45, 2.75) is 26.5 Å². The molecule has 0 saturated carbocycles. The van der Waals surface area contributed by atoms with Crippen LogP contribution in [0.4, 0.5) is 0 Å². The van der Waals surface area contributed by atoms with Gasteiger partial charge in [0.2, 0.25) is 0 Å². The van der Waals surface area contributed by atoms with Crippen LogP contribution in [0, 0.1) is 13.8 Å². The Kier molecular flexibility index (Phi) is 5.94. The van der Waals surface area contributed by atoms with Crippen molar-refractivity contribution in [3.63, 3.8) is 0 Å². The molecule has 1 aromatic carbocycles. The highest BCUT2D eigenvalue weighted by Crippen LogP contribution is 2.16. The number of carboxylic acids is 1. The van der Waals surface area contributed by atoms with Crippen molar-refractivity contribution in [3.8, 4) is 0 Å². The zero-order valence-corrected chi connectivity index (χ0v) is 13.7. The van der Waals surface area contributed by atoms with Crippen molar-refractivity contribution in [1.29, 1.82) is 0 Å². The summed E-state index contributed by atoms with van der Waals surface area (Å²) in [6.45, 7) is 8.36. The molecule has 5 nitrogen and oxygen atoms in total. The van der Waals surface area contributed by atoms with E-state index in [0.29, 0.717) is 13.2 Å². The summed E-state index contributed by atoms with van der Waals surface area (Å²) in [5.41, 5.74) is 3.96. The van der Waals surface area contributed by atoms with E-state index < -0.39 is 5.97 Å². The Bertz CT molecular complexity index is 519. The largest absolute Gasteiger partial charge is 0.480 e. The fourth-order valence-corrected chi connectivity index (χ4v) is 2.89. The van der Waals surface area contributed by atoms with Crippen LogP contribution in [0.2, 0.25) is 0 Å². The third-order valence-electron chi connectivity index (χ3n) is 4.04. The molecule has 1 N–H and O–H groups in total. The van der Waals surface area contributed by atoms with Crippen molar-refractivity contribution >= 4 is 5.97 Å². The number of ether oxygens (including phenoxy) is 1.